The van der Waals surface area contributed by atoms with E-state index in [0.29, 0.717) is 12.2 Å². The Morgan fingerprint density at radius 3 is 2.41 bits per heavy atom. The molecule has 138 valence electrons. The minimum atomic E-state index is -0.0897. The molecule has 5 heteroatoms. The molecule has 1 amide bonds. The van der Waals surface area contributed by atoms with E-state index >= 15 is 0 Å². The Kier molecular flexibility index (Phi) is 6.15. The number of carbonyl (C=O) groups excluding carboxylic acids is 1. The monoisotopic (exact) mass is 360 g/mol. The minimum Gasteiger partial charge on any atom is -0.374 e. The first kappa shape index (κ1) is 18.6. The zero-order chi connectivity index (χ0) is 19.1. The van der Waals surface area contributed by atoms with E-state index in [2.05, 4.69) is 14.9 Å². The molecule has 0 spiro atoms. The molecule has 5 nitrogen and oxygen atoms in total. The number of hydrogen-bond donors (Lipinski definition) is 0. The molecule has 0 N–H and O–H groups in total. The predicted molar refractivity (Wildman–Crippen MR) is 109 cm³/mol. The summed E-state index contributed by atoms with van der Waals surface area (Å²) in [5.74, 6) is -0.0897. The average Bonchev–Trinajstić information content (AvgIpc) is 2.74. The number of para-hydroxylation sites is 1. The van der Waals surface area contributed by atoms with E-state index in [1.165, 1.54) is 5.56 Å². The predicted octanol–water partition coefficient (Wildman–Crippen LogP) is 3.82. The van der Waals surface area contributed by atoms with Gasteiger partial charge in [0.2, 0.25) is 0 Å². The molecule has 0 atom stereocenters. The second kappa shape index (κ2) is 8.94. The molecule has 0 saturated carbocycles. The summed E-state index contributed by atoms with van der Waals surface area (Å²) >= 11 is 0. The Morgan fingerprint density at radius 1 is 0.963 bits per heavy atom. The minimum absolute atomic E-state index is 0.0897. The van der Waals surface area contributed by atoms with Gasteiger partial charge in [0.25, 0.3) is 5.91 Å². The number of carbonyl (C=O) groups is 1. The van der Waals surface area contributed by atoms with Crippen LogP contribution in [0.4, 0.5) is 11.4 Å². The van der Waals surface area contributed by atoms with Gasteiger partial charge in [-0.25, -0.2) is 0 Å². The van der Waals surface area contributed by atoms with E-state index in [-0.39, 0.29) is 5.91 Å². The summed E-state index contributed by atoms with van der Waals surface area (Å²) in [7, 11) is 2.03. The van der Waals surface area contributed by atoms with Crippen molar-refractivity contribution >= 4 is 17.3 Å². The van der Waals surface area contributed by atoms with Crippen molar-refractivity contribution in [1.82, 2.24) is 9.97 Å². The highest BCUT2D eigenvalue weighted by molar-refractivity contribution is 6.05. The first-order valence-electron chi connectivity index (χ1n) is 9.12. The number of anilines is 2. The van der Waals surface area contributed by atoms with Crippen LogP contribution in [0.1, 0.15) is 23.0 Å². The van der Waals surface area contributed by atoms with Crippen molar-refractivity contribution in [1.29, 1.82) is 0 Å². The summed E-state index contributed by atoms with van der Waals surface area (Å²) < 4.78 is 0. The zero-order valence-electron chi connectivity index (χ0n) is 15.7. The summed E-state index contributed by atoms with van der Waals surface area (Å²) in [6.07, 6.45) is 6.23. The summed E-state index contributed by atoms with van der Waals surface area (Å²) in [6, 6.07) is 17.5. The van der Waals surface area contributed by atoms with Crippen LogP contribution < -0.4 is 9.80 Å². The van der Waals surface area contributed by atoms with Crippen LogP contribution in [0.5, 0.6) is 0 Å². The Morgan fingerprint density at radius 2 is 1.70 bits per heavy atom. The maximum Gasteiger partial charge on any atom is 0.276 e. The fraction of sp³-hybridized carbons (Fsp3) is 0.227. The lowest BCUT2D eigenvalue weighted by Gasteiger charge is -2.22. The standard InChI is InChI=1S/C22H24N4O/c1-3-26(19-7-5-4-6-8-19)22(27)21-17-20(11-15-24-21)25(2)16-12-18-9-13-23-14-10-18/h4-11,13-15,17H,3,12,16H2,1-2H3. The fourth-order valence-electron chi connectivity index (χ4n) is 2.94. The number of hydrogen-bond acceptors (Lipinski definition) is 4. The smallest absolute Gasteiger partial charge is 0.276 e. The Hall–Kier alpha value is -3.21. The van der Waals surface area contributed by atoms with Crippen molar-refractivity contribution in [2.24, 2.45) is 0 Å². The number of nitrogens with zero attached hydrogens (tertiary/aromatic N) is 4. The molecule has 0 unspecified atom stereocenters. The first-order valence-corrected chi connectivity index (χ1v) is 9.12. The van der Waals surface area contributed by atoms with Gasteiger partial charge in [0, 0.05) is 50.1 Å². The molecule has 3 rings (SSSR count). The maximum absolute atomic E-state index is 13.0. The van der Waals surface area contributed by atoms with Gasteiger partial charge in [-0.2, -0.15) is 0 Å². The molecule has 2 heterocycles. The highest BCUT2D eigenvalue weighted by Gasteiger charge is 2.18. The van der Waals surface area contributed by atoms with E-state index in [4.69, 9.17) is 0 Å². The van der Waals surface area contributed by atoms with Crippen LogP contribution in [-0.2, 0) is 6.42 Å². The van der Waals surface area contributed by atoms with Crippen LogP contribution in [0.2, 0.25) is 0 Å². The van der Waals surface area contributed by atoms with Gasteiger partial charge in [-0.1, -0.05) is 18.2 Å². The highest BCUT2D eigenvalue weighted by Crippen LogP contribution is 2.19. The molecule has 3 aromatic rings. The molecular formula is C22H24N4O. The lowest BCUT2D eigenvalue weighted by Crippen LogP contribution is -2.31. The number of benzene rings is 1. The van der Waals surface area contributed by atoms with Gasteiger partial charge in [0.1, 0.15) is 5.69 Å². The molecule has 1 aromatic carbocycles. The molecule has 0 bridgehead atoms. The summed E-state index contributed by atoms with van der Waals surface area (Å²) in [5, 5.41) is 0. The second-order valence-electron chi connectivity index (χ2n) is 6.31. The molecule has 0 aliphatic heterocycles. The molecule has 0 aliphatic carbocycles. The SMILES string of the molecule is CCN(C(=O)c1cc(N(C)CCc2ccncc2)ccn1)c1ccccc1. The third kappa shape index (κ3) is 4.70. The van der Waals surface area contributed by atoms with Gasteiger partial charge in [-0.05, 0) is 55.3 Å². The van der Waals surface area contributed by atoms with Gasteiger partial charge >= 0.3 is 0 Å². The maximum atomic E-state index is 13.0. The number of amides is 1. The Balaban J connectivity index is 1.73. The lowest BCUT2D eigenvalue weighted by atomic mass is 10.2. The Bertz CT molecular complexity index is 868. The molecule has 0 fully saturated rings. The van der Waals surface area contributed by atoms with Gasteiger partial charge in [0.15, 0.2) is 0 Å². The van der Waals surface area contributed by atoms with Crippen LogP contribution in [0.15, 0.2) is 73.2 Å². The summed E-state index contributed by atoms with van der Waals surface area (Å²) in [5.41, 5.74) is 3.55. The van der Waals surface area contributed by atoms with E-state index in [9.17, 15) is 4.79 Å². The van der Waals surface area contributed by atoms with Crippen molar-refractivity contribution in [3.63, 3.8) is 0 Å². The largest absolute Gasteiger partial charge is 0.374 e. The quantitative estimate of drug-likeness (QED) is 0.643. The average molecular weight is 360 g/mol. The number of aromatic nitrogens is 2. The number of pyridine rings is 2. The van der Waals surface area contributed by atoms with E-state index < -0.39 is 0 Å². The van der Waals surface area contributed by atoms with Gasteiger partial charge in [0.05, 0.1) is 0 Å². The molecule has 0 aliphatic rings. The van der Waals surface area contributed by atoms with Gasteiger partial charge < -0.3 is 9.80 Å². The molecular weight excluding hydrogens is 336 g/mol. The topological polar surface area (TPSA) is 49.3 Å². The summed E-state index contributed by atoms with van der Waals surface area (Å²) in [6.45, 7) is 3.40. The van der Waals surface area contributed by atoms with Crippen LogP contribution in [0.25, 0.3) is 0 Å². The van der Waals surface area contributed by atoms with Gasteiger partial charge in [-0.15, -0.1) is 0 Å². The van der Waals surface area contributed by atoms with Crippen molar-refractivity contribution < 1.29 is 4.79 Å². The van der Waals surface area contributed by atoms with Crippen LogP contribution >= 0.6 is 0 Å². The second-order valence-corrected chi connectivity index (χ2v) is 6.31. The van der Waals surface area contributed by atoms with E-state index in [1.54, 1.807) is 11.1 Å². The van der Waals surface area contributed by atoms with Crippen molar-refractivity contribution in [2.75, 3.05) is 29.9 Å². The van der Waals surface area contributed by atoms with E-state index in [0.717, 1.165) is 24.3 Å². The lowest BCUT2D eigenvalue weighted by molar-refractivity contribution is 0.0983. The molecule has 2 aromatic heterocycles. The summed E-state index contributed by atoms with van der Waals surface area (Å²) in [4.78, 5) is 25.2. The van der Waals surface area contributed by atoms with Crippen LogP contribution in [-0.4, -0.2) is 36.0 Å². The van der Waals surface area contributed by atoms with Crippen LogP contribution in [0.3, 0.4) is 0 Å². The Labute approximate surface area is 160 Å². The van der Waals surface area contributed by atoms with Crippen LogP contribution in [0, 0.1) is 0 Å². The molecule has 0 saturated heterocycles. The van der Waals surface area contributed by atoms with Crippen molar-refractivity contribution in [2.45, 2.75) is 13.3 Å². The van der Waals surface area contributed by atoms with E-state index in [1.807, 2.05) is 81.0 Å². The third-order valence-corrected chi connectivity index (χ3v) is 4.52. The third-order valence-electron chi connectivity index (χ3n) is 4.52. The normalized spacial score (nSPS) is 10.4. The highest BCUT2D eigenvalue weighted by atomic mass is 16.2. The number of rotatable bonds is 7. The molecule has 0 radical (unpaired) electrons. The molecule has 27 heavy (non-hydrogen) atoms. The van der Waals surface area contributed by atoms with Crippen molar-refractivity contribution in [3.05, 3.63) is 84.4 Å². The zero-order valence-corrected chi connectivity index (χ0v) is 15.7. The van der Waals surface area contributed by atoms with Gasteiger partial charge in [-0.3, -0.25) is 14.8 Å². The fourth-order valence-corrected chi connectivity index (χ4v) is 2.94. The first-order chi connectivity index (χ1) is 13.2. The number of likely N-dealkylation sites (N-methyl/N-ethyl adjacent to an activating group) is 1. The van der Waals surface area contributed by atoms with Crippen molar-refractivity contribution in [3.8, 4) is 0 Å².